The van der Waals surface area contributed by atoms with Gasteiger partial charge in [-0.25, -0.2) is 4.98 Å². The summed E-state index contributed by atoms with van der Waals surface area (Å²) in [6.45, 7) is 2.19. The van der Waals surface area contributed by atoms with Crippen LogP contribution in [0.15, 0.2) is 53.9 Å². The molecule has 0 saturated carbocycles. The maximum Gasteiger partial charge on any atom is 0.432 e. The average Bonchev–Trinajstić information content (AvgIpc) is 3.51. The van der Waals surface area contributed by atoms with Gasteiger partial charge in [0, 0.05) is 10.4 Å². The molecule has 0 aliphatic heterocycles. The van der Waals surface area contributed by atoms with E-state index in [9.17, 15) is 13.2 Å². The zero-order chi connectivity index (χ0) is 24.1. The molecule has 0 saturated heterocycles. The molecule has 0 unspecified atom stereocenters. The van der Waals surface area contributed by atoms with Crippen molar-refractivity contribution in [2.24, 2.45) is 0 Å². The minimum atomic E-state index is -4.51. The minimum Gasteiger partial charge on any atom is -0.496 e. The lowest BCUT2D eigenvalue weighted by Gasteiger charge is -2.12. The van der Waals surface area contributed by atoms with Crippen LogP contribution < -0.4 is 4.74 Å². The highest BCUT2D eigenvalue weighted by molar-refractivity contribution is 7.13. The summed E-state index contributed by atoms with van der Waals surface area (Å²) in [5.74, 6) is 0.641. The molecule has 0 aliphatic rings. The number of ether oxygens (including phenoxy) is 1. The van der Waals surface area contributed by atoms with Crippen molar-refractivity contribution >= 4 is 11.3 Å². The number of hydrogen-bond acceptors (Lipinski definition) is 4. The molecule has 4 rings (SSSR count). The van der Waals surface area contributed by atoms with Gasteiger partial charge < -0.3 is 4.74 Å². The van der Waals surface area contributed by atoms with Gasteiger partial charge in [-0.1, -0.05) is 38.3 Å². The number of alkyl halides is 3. The van der Waals surface area contributed by atoms with E-state index in [1.165, 1.54) is 24.8 Å². The topological polar surface area (TPSA) is 50.8 Å². The fourth-order valence-electron chi connectivity index (χ4n) is 3.91. The molecule has 34 heavy (non-hydrogen) atoms. The Hall–Kier alpha value is -3.13. The van der Waals surface area contributed by atoms with Crippen LogP contribution in [0.4, 0.5) is 13.2 Å². The van der Waals surface area contributed by atoms with Gasteiger partial charge in [-0.15, -0.1) is 11.3 Å². The first-order chi connectivity index (χ1) is 16.4. The van der Waals surface area contributed by atoms with Gasteiger partial charge in [-0.3, -0.25) is 5.10 Å². The molecule has 0 aliphatic carbocycles. The summed E-state index contributed by atoms with van der Waals surface area (Å²) in [6, 6.07) is 14.4. The molecule has 3 heterocycles. The molecule has 3 aromatic heterocycles. The lowest BCUT2D eigenvalue weighted by molar-refractivity contribution is -0.141. The molecule has 0 atom stereocenters. The molecule has 1 aromatic carbocycles. The van der Waals surface area contributed by atoms with Gasteiger partial charge in [0.15, 0.2) is 0 Å². The number of H-pyrrole nitrogens is 1. The quantitative estimate of drug-likeness (QED) is 0.244. The zero-order valence-corrected chi connectivity index (χ0v) is 19.9. The van der Waals surface area contributed by atoms with Gasteiger partial charge in [0.25, 0.3) is 0 Å². The lowest BCUT2D eigenvalue weighted by Crippen LogP contribution is -2.04. The van der Waals surface area contributed by atoms with Crippen LogP contribution in [-0.4, -0.2) is 22.3 Å². The van der Waals surface area contributed by atoms with Crippen LogP contribution in [0.5, 0.6) is 5.75 Å². The van der Waals surface area contributed by atoms with E-state index in [0.29, 0.717) is 17.1 Å². The Kier molecular flexibility index (Phi) is 7.36. The molecule has 4 aromatic rings. The first-order valence-electron chi connectivity index (χ1n) is 11.3. The van der Waals surface area contributed by atoms with Gasteiger partial charge in [0.1, 0.15) is 17.1 Å². The summed E-state index contributed by atoms with van der Waals surface area (Å²) in [4.78, 5) is 5.78. The third-order valence-corrected chi connectivity index (χ3v) is 6.67. The predicted molar refractivity (Wildman–Crippen MR) is 130 cm³/mol. The summed E-state index contributed by atoms with van der Waals surface area (Å²) in [5, 5.41) is 8.06. The van der Waals surface area contributed by atoms with Crippen molar-refractivity contribution in [2.45, 2.75) is 45.2 Å². The number of pyridine rings is 1. The van der Waals surface area contributed by atoms with Crippen LogP contribution >= 0.6 is 11.3 Å². The maximum atomic E-state index is 13.2. The van der Waals surface area contributed by atoms with E-state index in [-0.39, 0.29) is 5.69 Å². The van der Waals surface area contributed by atoms with Crippen molar-refractivity contribution in [3.8, 4) is 38.8 Å². The van der Waals surface area contributed by atoms with Crippen molar-refractivity contribution in [3.05, 3.63) is 65.2 Å². The van der Waals surface area contributed by atoms with Crippen molar-refractivity contribution in [1.82, 2.24) is 15.2 Å². The fraction of sp³-hybridized carbons (Fsp3) is 0.308. The van der Waals surface area contributed by atoms with Gasteiger partial charge in [-0.2, -0.15) is 18.3 Å². The van der Waals surface area contributed by atoms with Gasteiger partial charge >= 0.3 is 6.18 Å². The summed E-state index contributed by atoms with van der Waals surface area (Å²) < 4.78 is 45.1. The second kappa shape index (κ2) is 10.4. The molecule has 0 radical (unpaired) electrons. The van der Waals surface area contributed by atoms with E-state index in [1.807, 2.05) is 36.4 Å². The van der Waals surface area contributed by atoms with E-state index in [1.54, 1.807) is 18.4 Å². The lowest BCUT2D eigenvalue weighted by atomic mass is 10.0. The summed E-state index contributed by atoms with van der Waals surface area (Å²) in [7, 11) is 1.58. The van der Waals surface area contributed by atoms with Gasteiger partial charge in [-0.05, 0) is 65.7 Å². The molecule has 1 N–H and O–H groups in total. The number of nitrogens with zero attached hydrogens (tertiary/aromatic N) is 2. The number of aromatic nitrogens is 3. The number of halogens is 3. The normalized spacial score (nSPS) is 11.7. The van der Waals surface area contributed by atoms with Crippen molar-refractivity contribution < 1.29 is 17.9 Å². The van der Waals surface area contributed by atoms with E-state index in [4.69, 9.17) is 4.74 Å². The van der Waals surface area contributed by atoms with Crippen LogP contribution in [-0.2, 0) is 12.6 Å². The standard InChI is InChI=1S/C26H26F3N3OS/c1-3-4-5-6-9-17-12-13-34-25(17)18-14-20(19-10-7-8-11-23(19)33-2)30-21(15-18)22-16-24(32-31-22)26(27,28)29/h7-8,10-16H,3-6,9H2,1-2H3,(H,31,32). The summed E-state index contributed by atoms with van der Waals surface area (Å²) in [5.41, 5.74) is 3.14. The fourth-order valence-corrected chi connectivity index (χ4v) is 4.86. The van der Waals surface area contributed by atoms with Crippen LogP contribution in [0.3, 0.4) is 0 Å². The smallest absolute Gasteiger partial charge is 0.432 e. The number of nitrogens with one attached hydrogen (secondary N) is 1. The highest BCUT2D eigenvalue weighted by Gasteiger charge is 2.33. The highest BCUT2D eigenvalue weighted by Crippen LogP contribution is 2.38. The van der Waals surface area contributed by atoms with Crippen molar-refractivity contribution in [3.63, 3.8) is 0 Å². The Balaban J connectivity index is 1.81. The first-order valence-corrected chi connectivity index (χ1v) is 12.1. The van der Waals surface area contributed by atoms with E-state index in [2.05, 4.69) is 33.6 Å². The Morgan fingerprint density at radius 1 is 0.971 bits per heavy atom. The van der Waals surface area contributed by atoms with E-state index >= 15 is 0 Å². The molecule has 178 valence electrons. The van der Waals surface area contributed by atoms with E-state index < -0.39 is 11.9 Å². The molecule has 4 nitrogen and oxygen atoms in total. The largest absolute Gasteiger partial charge is 0.496 e. The Labute approximate surface area is 200 Å². The van der Waals surface area contributed by atoms with Crippen molar-refractivity contribution in [2.75, 3.05) is 7.11 Å². The number of rotatable bonds is 9. The van der Waals surface area contributed by atoms with Crippen LogP contribution in [0.25, 0.3) is 33.1 Å². The average molecular weight is 486 g/mol. The second-order valence-electron chi connectivity index (χ2n) is 8.08. The van der Waals surface area contributed by atoms with Gasteiger partial charge in [0.05, 0.1) is 18.5 Å². The number of para-hydroxylation sites is 1. The molecule has 0 amide bonds. The van der Waals surface area contributed by atoms with Crippen LogP contribution in [0.1, 0.15) is 43.9 Å². The molecule has 8 heteroatoms. The number of methoxy groups -OCH3 is 1. The zero-order valence-electron chi connectivity index (χ0n) is 19.1. The Bertz CT molecular complexity index is 1250. The molecular formula is C26H26F3N3OS. The monoisotopic (exact) mass is 485 g/mol. The van der Waals surface area contributed by atoms with Gasteiger partial charge in [0.2, 0.25) is 0 Å². The minimum absolute atomic E-state index is 0.145. The van der Waals surface area contributed by atoms with Crippen LogP contribution in [0.2, 0.25) is 0 Å². The van der Waals surface area contributed by atoms with Crippen molar-refractivity contribution in [1.29, 1.82) is 0 Å². The Morgan fingerprint density at radius 2 is 1.76 bits per heavy atom. The van der Waals surface area contributed by atoms with Crippen LogP contribution in [0, 0.1) is 0 Å². The summed E-state index contributed by atoms with van der Waals surface area (Å²) in [6.07, 6.45) is 1.11. The maximum absolute atomic E-state index is 13.2. The predicted octanol–water partition coefficient (Wildman–Crippen LogP) is 8.02. The first kappa shape index (κ1) is 24.0. The number of hydrogen-bond donors (Lipinski definition) is 1. The Morgan fingerprint density at radius 3 is 2.50 bits per heavy atom. The number of unbranched alkanes of at least 4 members (excludes halogenated alkanes) is 3. The third kappa shape index (κ3) is 5.33. The number of benzene rings is 1. The third-order valence-electron chi connectivity index (χ3n) is 5.66. The SMILES string of the molecule is CCCCCCc1ccsc1-c1cc(-c2cc(C(F)(F)F)[nH]n2)nc(-c2ccccc2OC)c1. The second-order valence-corrected chi connectivity index (χ2v) is 8.99. The molecule has 0 spiro atoms. The molecule has 0 fully saturated rings. The van der Waals surface area contributed by atoms with E-state index in [0.717, 1.165) is 34.9 Å². The number of aryl methyl sites for hydroxylation is 1. The number of thiophene rings is 1. The summed E-state index contributed by atoms with van der Waals surface area (Å²) >= 11 is 1.63. The molecule has 0 bridgehead atoms. The highest BCUT2D eigenvalue weighted by atomic mass is 32.1. The molecular weight excluding hydrogens is 459 g/mol. The number of aromatic amines is 1.